The first kappa shape index (κ1) is 18.8. The van der Waals surface area contributed by atoms with E-state index >= 15 is 0 Å². The van der Waals surface area contributed by atoms with Crippen molar-refractivity contribution in [1.29, 1.82) is 0 Å². The van der Waals surface area contributed by atoms with Gasteiger partial charge in [0.15, 0.2) is 5.97 Å². The topological polar surface area (TPSA) is 40.5 Å². The van der Waals surface area contributed by atoms with Crippen molar-refractivity contribution in [2.24, 2.45) is 0 Å². The zero-order chi connectivity index (χ0) is 8.72. The van der Waals surface area contributed by atoms with Gasteiger partial charge in [-0.05, 0) is 25.9 Å². The molecule has 15 heavy (non-hydrogen) atoms. The van der Waals surface area contributed by atoms with Crippen LogP contribution in [0.25, 0.3) is 0 Å². The minimum Gasteiger partial charge on any atom is -0.562 e. The fourth-order valence-electron chi connectivity index (χ4n) is 2.17. The molecule has 2 bridgehead atoms. The van der Waals surface area contributed by atoms with Gasteiger partial charge in [-0.1, -0.05) is 6.42 Å². The molecule has 0 saturated carbocycles. The number of hydrogen-bond acceptors (Lipinski definition) is 2. The Kier molecular flexibility index (Phi) is 9.74. The van der Waals surface area contributed by atoms with E-state index in [1.807, 2.05) is 7.05 Å². The standard InChI is InChI=1S/C9H12NO2.U.V.W/c1-10-6-2-4-7(9(11)12)8(10)5-3-6;;;/h6,8H,2-3,5H2,1H3,(H,11,12);;;/q-1;;;. The number of carbonyl (C=O) groups is 1. The number of aliphatic carboxylic acids is 1. The predicted octanol–water partition coefficient (Wildman–Crippen LogP) is 0.662. The Morgan fingerprint density at radius 3 is 2.67 bits per heavy atom. The molecule has 3 nitrogen and oxygen atoms in total. The van der Waals surface area contributed by atoms with Crippen LogP contribution >= 0.6 is 0 Å². The number of carboxylic acid groups (broad SMARTS) is 1. The molecular formula is C9H12NO2UVW-. The van der Waals surface area contributed by atoms with Crippen molar-refractivity contribution in [2.75, 3.05) is 7.05 Å². The average Bonchev–Trinajstić information content (AvgIpc) is 2.32. The summed E-state index contributed by atoms with van der Waals surface area (Å²) in [5.74, 6) is -0.799. The maximum absolute atomic E-state index is 10.8. The second kappa shape index (κ2) is 7.75. The van der Waals surface area contributed by atoms with Crippen LogP contribution in [-0.2, 0) is 44.4 Å². The molecule has 2 aliphatic heterocycles. The van der Waals surface area contributed by atoms with Crippen LogP contribution in [0.4, 0.5) is 0 Å². The minimum absolute atomic E-state index is 0. The van der Waals surface area contributed by atoms with Crippen LogP contribution in [0.5, 0.6) is 0 Å². The predicted molar refractivity (Wildman–Crippen MR) is 43.6 cm³/mol. The smallest absolute Gasteiger partial charge is 0.170 e. The zero-order valence-corrected chi connectivity index (χ0v) is 16.9. The van der Waals surface area contributed by atoms with Gasteiger partial charge in [0.25, 0.3) is 0 Å². The minimum atomic E-state index is -0.799. The van der Waals surface area contributed by atoms with Crippen LogP contribution in [0.15, 0.2) is 5.57 Å². The number of nitrogens with zero attached hydrogens (tertiary/aromatic N) is 1. The van der Waals surface area contributed by atoms with Gasteiger partial charge in [0.05, 0.1) is 0 Å². The summed E-state index contributed by atoms with van der Waals surface area (Å²) in [7, 11) is 2.01. The third kappa shape index (κ3) is 3.73. The summed E-state index contributed by atoms with van der Waals surface area (Å²) < 4.78 is 0. The van der Waals surface area contributed by atoms with E-state index < -0.39 is 5.97 Å². The Hall–Kier alpha value is 1.49. The molecule has 81 valence electrons. The van der Waals surface area contributed by atoms with Gasteiger partial charge >= 0.3 is 0 Å². The third-order valence-corrected chi connectivity index (χ3v) is 2.93. The first-order valence-corrected chi connectivity index (χ1v) is 4.26. The fraction of sp³-hybridized carbons (Fsp3) is 0.667. The van der Waals surface area contributed by atoms with Crippen molar-refractivity contribution < 1.29 is 80.6 Å². The SMILES string of the molecule is CN1C2C[C-]=C(C(=O)O)C1CC2.[U].[V].[W]. The van der Waals surface area contributed by atoms with Gasteiger partial charge in [-0.3, -0.25) is 6.08 Å². The normalized spacial score (nSPS) is 27.9. The van der Waals surface area contributed by atoms with Crippen LogP contribution in [0.2, 0.25) is 0 Å². The Morgan fingerprint density at radius 2 is 2.13 bits per heavy atom. The van der Waals surface area contributed by atoms with Crippen LogP contribution in [-0.4, -0.2) is 35.1 Å². The number of rotatable bonds is 1. The van der Waals surface area contributed by atoms with Gasteiger partial charge < -0.3 is 14.8 Å². The largest absolute Gasteiger partial charge is 0.562 e. The zero-order valence-electron chi connectivity index (χ0n) is 8.43. The Morgan fingerprint density at radius 1 is 1.53 bits per heavy atom. The van der Waals surface area contributed by atoms with E-state index in [2.05, 4.69) is 11.0 Å². The molecule has 2 aliphatic rings. The molecule has 2 atom stereocenters. The first-order chi connectivity index (χ1) is 5.70. The molecule has 2 unspecified atom stereocenters. The van der Waals surface area contributed by atoms with E-state index in [9.17, 15) is 4.79 Å². The Balaban J connectivity index is 0. The molecule has 2 heterocycles. The van der Waals surface area contributed by atoms with E-state index in [0.29, 0.717) is 11.6 Å². The molecule has 2 rings (SSSR count). The van der Waals surface area contributed by atoms with Gasteiger partial charge in [-0.15, -0.1) is 5.57 Å². The first-order valence-electron chi connectivity index (χ1n) is 4.26. The molecular weight excluding hydrogens is 627 g/mol. The van der Waals surface area contributed by atoms with Gasteiger partial charge in [0.2, 0.25) is 0 Å². The summed E-state index contributed by atoms with van der Waals surface area (Å²) in [5, 5.41) is 8.85. The van der Waals surface area contributed by atoms with Crippen molar-refractivity contribution >= 4 is 5.97 Å². The van der Waals surface area contributed by atoms with E-state index in [1.165, 1.54) is 0 Å². The molecule has 1 saturated heterocycles. The Labute approximate surface area is 140 Å². The van der Waals surface area contributed by atoms with E-state index in [4.69, 9.17) is 5.11 Å². The maximum Gasteiger partial charge on any atom is 0.170 e. The molecule has 1 radical (unpaired) electrons. The summed E-state index contributed by atoms with van der Waals surface area (Å²) in [5.41, 5.74) is 0.478. The molecule has 6 heteroatoms. The fourth-order valence-corrected chi connectivity index (χ4v) is 2.17. The quantitative estimate of drug-likeness (QED) is 0.430. The van der Waals surface area contributed by atoms with E-state index in [-0.39, 0.29) is 76.8 Å². The Bertz CT molecular complexity index is 262. The maximum atomic E-state index is 10.8. The van der Waals surface area contributed by atoms with Crippen molar-refractivity contribution in [3.63, 3.8) is 0 Å². The number of fused-ring (bicyclic) bond motifs is 2. The third-order valence-electron chi connectivity index (χ3n) is 2.93. The van der Waals surface area contributed by atoms with Crippen molar-refractivity contribution in [1.82, 2.24) is 4.90 Å². The van der Waals surface area contributed by atoms with Gasteiger partial charge in [-0.25, -0.2) is 0 Å². The second-order valence-corrected chi connectivity index (χ2v) is 3.51. The summed E-state index contributed by atoms with van der Waals surface area (Å²) in [6.07, 6.45) is 5.87. The van der Waals surface area contributed by atoms with E-state index in [0.717, 1.165) is 19.3 Å². The molecule has 0 aromatic rings. The molecule has 1 fully saturated rings. The van der Waals surface area contributed by atoms with Crippen LogP contribution < -0.4 is 0 Å². The number of carboxylic acids is 1. The van der Waals surface area contributed by atoms with Crippen LogP contribution in [0, 0.1) is 37.2 Å². The summed E-state index contributed by atoms with van der Waals surface area (Å²) in [6, 6.07) is 0.666. The van der Waals surface area contributed by atoms with Gasteiger partial charge in [-0.2, -0.15) is 0 Å². The summed E-state index contributed by atoms with van der Waals surface area (Å²) >= 11 is 0. The second-order valence-electron chi connectivity index (χ2n) is 3.51. The summed E-state index contributed by atoms with van der Waals surface area (Å²) in [4.78, 5) is 12.9. The molecule has 0 aliphatic carbocycles. The molecule has 0 aromatic carbocycles. The van der Waals surface area contributed by atoms with E-state index in [1.54, 1.807) is 0 Å². The van der Waals surface area contributed by atoms with Crippen LogP contribution in [0.1, 0.15) is 19.3 Å². The molecule has 0 aromatic heterocycles. The van der Waals surface area contributed by atoms with Crippen molar-refractivity contribution in [3.05, 3.63) is 11.6 Å². The van der Waals surface area contributed by atoms with Gasteiger partial charge in [0.1, 0.15) is 0 Å². The van der Waals surface area contributed by atoms with Crippen molar-refractivity contribution in [3.8, 4) is 0 Å². The van der Waals surface area contributed by atoms with Crippen LogP contribution in [0.3, 0.4) is 0 Å². The van der Waals surface area contributed by atoms with Gasteiger partial charge in [0, 0.05) is 76.8 Å². The monoisotopic (exact) mass is 639 g/mol. The summed E-state index contributed by atoms with van der Waals surface area (Å²) in [6.45, 7) is 0. The molecule has 1 N–H and O–H groups in total. The number of hydrogen-bond donors (Lipinski definition) is 1. The molecule has 0 amide bonds. The van der Waals surface area contributed by atoms with Crippen molar-refractivity contribution in [2.45, 2.75) is 31.3 Å². The number of likely N-dealkylation sites (N-methyl/N-ethyl adjacent to an activating group) is 1. The molecule has 0 spiro atoms. The average molecular weight is 639 g/mol.